The molecule has 0 aliphatic carbocycles. The van der Waals surface area contributed by atoms with Crippen LogP contribution in [0.25, 0.3) is 0 Å². The number of nitrogens with zero attached hydrogens (tertiary/aromatic N) is 1. The third-order valence-corrected chi connectivity index (χ3v) is 6.38. The van der Waals surface area contributed by atoms with Crippen LogP contribution < -0.4 is 10.5 Å². The Hall–Kier alpha value is -2.68. The molecule has 0 radical (unpaired) electrons. The maximum Gasteiger partial charge on any atom is 0.254 e. The van der Waals surface area contributed by atoms with Crippen molar-refractivity contribution in [2.24, 2.45) is 5.14 Å². The number of benzene rings is 2. The highest BCUT2D eigenvalue weighted by molar-refractivity contribution is 7.99. The molecule has 0 spiro atoms. The highest BCUT2D eigenvalue weighted by Gasteiger charge is 2.14. The van der Waals surface area contributed by atoms with Gasteiger partial charge in [-0.2, -0.15) is 0 Å². The van der Waals surface area contributed by atoms with Gasteiger partial charge >= 0.3 is 0 Å². The molecule has 0 saturated carbocycles. The lowest BCUT2D eigenvalue weighted by atomic mass is 10.2. The van der Waals surface area contributed by atoms with Crippen LogP contribution >= 0.6 is 11.8 Å². The number of primary sulfonamides is 1. The van der Waals surface area contributed by atoms with E-state index in [4.69, 9.17) is 5.14 Å². The number of rotatable bonds is 6. The van der Waals surface area contributed by atoms with Crippen molar-refractivity contribution in [3.05, 3.63) is 83.0 Å². The zero-order valence-electron chi connectivity index (χ0n) is 16.0. The number of sulfonamides is 1. The predicted octanol–water partition coefficient (Wildman–Crippen LogP) is 3.43. The normalized spacial score (nSPS) is 11.3. The first-order valence-corrected chi connectivity index (χ1v) is 11.2. The van der Waals surface area contributed by atoms with Crippen molar-refractivity contribution in [1.82, 2.24) is 10.3 Å². The Morgan fingerprint density at radius 2 is 1.83 bits per heavy atom. The Kier molecular flexibility index (Phi) is 6.36. The molecule has 1 aromatic heterocycles. The van der Waals surface area contributed by atoms with Gasteiger partial charge in [-0.3, -0.25) is 4.79 Å². The molecule has 3 rings (SSSR count). The fraction of sp³-hybridized carbons (Fsp3) is 0.143. The first kappa shape index (κ1) is 21.0. The van der Waals surface area contributed by atoms with E-state index in [1.165, 1.54) is 29.5 Å². The Balaban J connectivity index is 1.73. The van der Waals surface area contributed by atoms with E-state index < -0.39 is 10.0 Å². The lowest BCUT2D eigenvalue weighted by molar-refractivity contribution is 0.0947. The minimum absolute atomic E-state index is 0.0342. The lowest BCUT2D eigenvalue weighted by Crippen LogP contribution is -2.23. The van der Waals surface area contributed by atoms with Crippen molar-refractivity contribution < 1.29 is 13.2 Å². The molecule has 0 fully saturated rings. The largest absolute Gasteiger partial charge is 0.348 e. The molecule has 2 aromatic carbocycles. The van der Waals surface area contributed by atoms with E-state index in [1.54, 1.807) is 30.5 Å². The first-order chi connectivity index (χ1) is 13.7. The number of hydrogen-bond acceptors (Lipinski definition) is 5. The van der Waals surface area contributed by atoms with Gasteiger partial charge in [-0.1, -0.05) is 41.6 Å². The number of carbonyl (C=O) groups is 1. The second-order valence-electron chi connectivity index (χ2n) is 6.60. The summed E-state index contributed by atoms with van der Waals surface area (Å²) in [5, 5.41) is 8.57. The molecule has 150 valence electrons. The van der Waals surface area contributed by atoms with Crippen molar-refractivity contribution in [2.45, 2.75) is 35.2 Å². The number of aryl methyl sites for hydroxylation is 2. The quantitative estimate of drug-likeness (QED) is 0.627. The van der Waals surface area contributed by atoms with E-state index in [1.807, 2.05) is 26.0 Å². The van der Waals surface area contributed by atoms with Crippen molar-refractivity contribution >= 4 is 27.7 Å². The number of aromatic nitrogens is 1. The zero-order chi connectivity index (χ0) is 21.0. The van der Waals surface area contributed by atoms with Gasteiger partial charge in [0.05, 0.1) is 10.5 Å². The number of carbonyl (C=O) groups excluding carboxylic acids is 1. The van der Waals surface area contributed by atoms with Gasteiger partial charge in [-0.25, -0.2) is 18.5 Å². The Labute approximate surface area is 174 Å². The van der Waals surface area contributed by atoms with Gasteiger partial charge in [-0.05, 0) is 55.3 Å². The molecule has 3 N–H and O–H groups in total. The standard InChI is InChI=1S/C21H21N3O3S2/c1-14-5-10-19(15(2)12-14)28-21-18(4-3-11-23-21)20(25)24-13-16-6-8-17(9-7-16)29(22,26)27/h3-12H,13H2,1-2H3,(H,24,25)(H2,22,26,27). The van der Waals surface area contributed by atoms with Gasteiger partial charge in [0.1, 0.15) is 5.03 Å². The topological polar surface area (TPSA) is 102 Å². The highest BCUT2D eigenvalue weighted by Crippen LogP contribution is 2.31. The van der Waals surface area contributed by atoms with Crippen molar-refractivity contribution in [3.8, 4) is 0 Å². The molecule has 0 aliphatic rings. The summed E-state index contributed by atoms with van der Waals surface area (Å²) in [7, 11) is -3.73. The van der Waals surface area contributed by atoms with E-state index >= 15 is 0 Å². The smallest absolute Gasteiger partial charge is 0.254 e. The molecule has 6 nitrogen and oxygen atoms in total. The second-order valence-corrected chi connectivity index (χ2v) is 9.19. The summed E-state index contributed by atoms with van der Waals surface area (Å²) in [6.07, 6.45) is 1.66. The number of hydrogen-bond donors (Lipinski definition) is 2. The number of nitrogens with two attached hydrogens (primary N) is 1. The number of nitrogens with one attached hydrogen (secondary N) is 1. The van der Waals surface area contributed by atoms with Crippen LogP contribution in [0.15, 0.2) is 75.6 Å². The summed E-state index contributed by atoms with van der Waals surface area (Å²) in [6.45, 7) is 4.33. The first-order valence-electron chi connectivity index (χ1n) is 8.84. The van der Waals surface area contributed by atoms with E-state index in [9.17, 15) is 13.2 Å². The van der Waals surface area contributed by atoms with Crippen LogP contribution in [0.3, 0.4) is 0 Å². The Bertz CT molecular complexity index is 1140. The van der Waals surface area contributed by atoms with Crippen molar-refractivity contribution in [3.63, 3.8) is 0 Å². The molecule has 3 aromatic rings. The summed E-state index contributed by atoms with van der Waals surface area (Å²) in [4.78, 5) is 18.2. The van der Waals surface area contributed by atoms with E-state index in [0.717, 1.165) is 16.0 Å². The van der Waals surface area contributed by atoms with Crippen LogP contribution in [-0.2, 0) is 16.6 Å². The van der Waals surface area contributed by atoms with E-state index in [-0.39, 0.29) is 17.3 Å². The molecule has 0 bridgehead atoms. The van der Waals surface area contributed by atoms with Gasteiger partial charge < -0.3 is 5.32 Å². The van der Waals surface area contributed by atoms with Crippen LogP contribution in [0.4, 0.5) is 0 Å². The number of pyridine rings is 1. The summed E-state index contributed by atoms with van der Waals surface area (Å²) in [5.41, 5.74) is 3.55. The van der Waals surface area contributed by atoms with Crippen LogP contribution in [0.2, 0.25) is 0 Å². The van der Waals surface area contributed by atoms with Crippen LogP contribution in [0.1, 0.15) is 27.0 Å². The molecule has 0 saturated heterocycles. The molecular weight excluding hydrogens is 406 g/mol. The third kappa shape index (κ3) is 5.44. The summed E-state index contributed by atoms with van der Waals surface area (Å²) >= 11 is 1.45. The van der Waals surface area contributed by atoms with Crippen LogP contribution in [0, 0.1) is 13.8 Å². The minimum Gasteiger partial charge on any atom is -0.348 e. The Morgan fingerprint density at radius 1 is 1.10 bits per heavy atom. The molecular formula is C21H21N3O3S2. The lowest BCUT2D eigenvalue weighted by Gasteiger charge is -2.11. The van der Waals surface area contributed by atoms with Gasteiger partial charge in [0.2, 0.25) is 10.0 Å². The van der Waals surface area contributed by atoms with Crippen LogP contribution in [-0.4, -0.2) is 19.3 Å². The minimum atomic E-state index is -3.73. The summed E-state index contributed by atoms with van der Waals surface area (Å²) < 4.78 is 22.6. The molecule has 8 heteroatoms. The van der Waals surface area contributed by atoms with Gasteiger partial charge in [0.25, 0.3) is 5.91 Å². The fourth-order valence-corrected chi connectivity index (χ4v) is 4.20. The van der Waals surface area contributed by atoms with Gasteiger partial charge in [0, 0.05) is 17.6 Å². The van der Waals surface area contributed by atoms with Crippen molar-refractivity contribution in [1.29, 1.82) is 0 Å². The van der Waals surface area contributed by atoms with Gasteiger partial charge in [0.15, 0.2) is 0 Å². The Morgan fingerprint density at radius 3 is 2.48 bits per heavy atom. The maximum atomic E-state index is 12.7. The SMILES string of the molecule is Cc1ccc(Sc2ncccc2C(=O)NCc2ccc(S(N)(=O)=O)cc2)c(C)c1. The molecule has 1 heterocycles. The molecule has 0 unspecified atom stereocenters. The van der Waals surface area contributed by atoms with Crippen molar-refractivity contribution in [2.75, 3.05) is 0 Å². The zero-order valence-corrected chi connectivity index (χ0v) is 17.7. The van der Waals surface area contributed by atoms with E-state index in [0.29, 0.717) is 10.6 Å². The van der Waals surface area contributed by atoms with Crippen LogP contribution in [0.5, 0.6) is 0 Å². The monoisotopic (exact) mass is 427 g/mol. The molecule has 0 atom stereocenters. The predicted molar refractivity (Wildman–Crippen MR) is 113 cm³/mol. The molecule has 1 amide bonds. The summed E-state index contributed by atoms with van der Waals surface area (Å²) in [5.74, 6) is -0.249. The van der Waals surface area contributed by atoms with Gasteiger partial charge in [-0.15, -0.1) is 0 Å². The molecule has 29 heavy (non-hydrogen) atoms. The average Bonchev–Trinajstić information content (AvgIpc) is 2.68. The maximum absolute atomic E-state index is 12.7. The average molecular weight is 428 g/mol. The fourth-order valence-electron chi connectivity index (χ4n) is 2.74. The second kappa shape index (κ2) is 8.77. The molecule has 0 aliphatic heterocycles. The summed E-state index contributed by atoms with van der Waals surface area (Å²) in [6, 6.07) is 15.7. The third-order valence-electron chi connectivity index (χ3n) is 4.26. The van der Waals surface area contributed by atoms with E-state index in [2.05, 4.69) is 16.4 Å². The highest BCUT2D eigenvalue weighted by atomic mass is 32.2. The number of amides is 1.